The molecule has 0 spiro atoms. The van der Waals surface area contributed by atoms with E-state index in [1.54, 1.807) is 12.1 Å². The van der Waals surface area contributed by atoms with Gasteiger partial charge in [0, 0.05) is 42.1 Å². The highest BCUT2D eigenvalue weighted by atomic mass is 19.4. The van der Waals surface area contributed by atoms with Crippen molar-refractivity contribution >= 4 is 11.7 Å². The Kier molecular flexibility index (Phi) is 6.57. The second kappa shape index (κ2) is 9.48. The Bertz CT molecular complexity index is 1320. The predicted octanol–water partition coefficient (Wildman–Crippen LogP) is 4.75. The molecule has 0 saturated heterocycles. The van der Waals surface area contributed by atoms with Gasteiger partial charge in [-0.05, 0) is 42.7 Å². The normalized spacial score (nSPS) is 14.1. The number of aromatic nitrogens is 2. The minimum atomic E-state index is -4.87. The van der Waals surface area contributed by atoms with E-state index in [0.29, 0.717) is 5.56 Å². The van der Waals surface area contributed by atoms with Crippen LogP contribution >= 0.6 is 0 Å². The van der Waals surface area contributed by atoms with Crippen LogP contribution in [0.5, 0.6) is 23.0 Å². The van der Waals surface area contributed by atoms with E-state index in [9.17, 15) is 22.8 Å². The van der Waals surface area contributed by atoms with Crippen LogP contribution in [0, 0.1) is 0 Å². The van der Waals surface area contributed by atoms with Gasteiger partial charge in [-0.2, -0.15) is 0 Å². The van der Waals surface area contributed by atoms with E-state index in [-0.39, 0.29) is 46.1 Å². The Morgan fingerprint density at radius 1 is 1.06 bits per heavy atom. The molecular formula is C25H22F3N3O5. The molecule has 4 rings (SSSR count). The van der Waals surface area contributed by atoms with Gasteiger partial charge in [-0.25, -0.2) is 0 Å². The molecule has 1 aliphatic carbocycles. The highest BCUT2D eigenvalue weighted by molar-refractivity contribution is 6.00. The first kappa shape index (κ1) is 25.0. The minimum absolute atomic E-state index is 0.0219. The highest BCUT2D eigenvalue weighted by Gasteiger charge is 2.41. The average molecular weight is 501 g/mol. The quantitative estimate of drug-likeness (QED) is 0.421. The molecule has 188 valence electrons. The van der Waals surface area contributed by atoms with Gasteiger partial charge in [0.2, 0.25) is 0 Å². The molecule has 0 aliphatic heterocycles. The number of methoxy groups -OCH3 is 1. The SMILES string of the molecule is COc1cc(OC(F)(F)F)ccc1Oc1cc(C2(C)CC2)ncc1C(=O)Cc1ccnc(C(N)=O)c1. The van der Waals surface area contributed by atoms with E-state index < -0.39 is 18.0 Å². The third kappa shape index (κ3) is 5.73. The number of benzene rings is 1. The van der Waals surface area contributed by atoms with Crippen LogP contribution in [0.2, 0.25) is 0 Å². The molecule has 0 radical (unpaired) electrons. The second-order valence-corrected chi connectivity index (χ2v) is 8.60. The summed E-state index contributed by atoms with van der Waals surface area (Å²) in [6.45, 7) is 2.03. The van der Waals surface area contributed by atoms with E-state index in [4.69, 9.17) is 15.2 Å². The number of primary amides is 1. The van der Waals surface area contributed by atoms with Crippen molar-refractivity contribution in [1.29, 1.82) is 0 Å². The van der Waals surface area contributed by atoms with Crippen LogP contribution < -0.4 is 19.9 Å². The number of rotatable bonds is 9. The van der Waals surface area contributed by atoms with Crippen LogP contribution in [0.15, 0.2) is 48.8 Å². The first-order chi connectivity index (χ1) is 17.0. The van der Waals surface area contributed by atoms with Crippen LogP contribution in [-0.2, 0) is 11.8 Å². The van der Waals surface area contributed by atoms with Gasteiger partial charge >= 0.3 is 6.36 Å². The van der Waals surface area contributed by atoms with E-state index >= 15 is 0 Å². The molecule has 36 heavy (non-hydrogen) atoms. The maximum atomic E-state index is 13.2. The molecule has 2 heterocycles. The third-order valence-corrected chi connectivity index (χ3v) is 5.81. The summed E-state index contributed by atoms with van der Waals surface area (Å²) in [5.41, 5.74) is 6.54. The van der Waals surface area contributed by atoms with Gasteiger partial charge < -0.3 is 19.9 Å². The number of Topliss-reactive ketones (excluding diaryl/α,β-unsaturated/α-hetero) is 1. The summed E-state index contributed by atoms with van der Waals surface area (Å²) in [6, 6.07) is 8.04. The predicted molar refractivity (Wildman–Crippen MR) is 121 cm³/mol. The fourth-order valence-corrected chi connectivity index (χ4v) is 3.55. The van der Waals surface area contributed by atoms with E-state index in [1.807, 2.05) is 6.92 Å². The number of ether oxygens (including phenoxy) is 3. The zero-order chi connectivity index (χ0) is 26.1. The van der Waals surface area contributed by atoms with Crippen LogP contribution in [0.4, 0.5) is 13.2 Å². The van der Waals surface area contributed by atoms with E-state index in [2.05, 4.69) is 14.7 Å². The molecule has 8 nitrogen and oxygen atoms in total. The van der Waals surface area contributed by atoms with Gasteiger partial charge in [0.25, 0.3) is 5.91 Å². The summed E-state index contributed by atoms with van der Waals surface area (Å²) in [5.74, 6) is -1.33. The lowest BCUT2D eigenvalue weighted by molar-refractivity contribution is -0.274. The number of hydrogen-bond acceptors (Lipinski definition) is 7. The minimum Gasteiger partial charge on any atom is -0.493 e. The molecular weight excluding hydrogens is 479 g/mol. The molecule has 0 unspecified atom stereocenters. The number of carbonyl (C=O) groups excluding carboxylic acids is 2. The van der Waals surface area contributed by atoms with Crippen molar-refractivity contribution < 1.29 is 37.0 Å². The maximum absolute atomic E-state index is 13.2. The van der Waals surface area contributed by atoms with Gasteiger partial charge in [0.05, 0.1) is 12.7 Å². The largest absolute Gasteiger partial charge is 0.573 e. The Morgan fingerprint density at radius 2 is 1.81 bits per heavy atom. The van der Waals surface area contributed by atoms with Crippen LogP contribution in [0.3, 0.4) is 0 Å². The number of amides is 1. The van der Waals surface area contributed by atoms with Crippen LogP contribution in [0.1, 0.15) is 51.9 Å². The molecule has 1 amide bonds. The number of hydrogen-bond donors (Lipinski definition) is 1. The lowest BCUT2D eigenvalue weighted by atomic mass is 10.00. The highest BCUT2D eigenvalue weighted by Crippen LogP contribution is 2.48. The summed E-state index contributed by atoms with van der Waals surface area (Å²) in [5, 5.41) is 0. The number of carbonyl (C=O) groups is 2. The topological polar surface area (TPSA) is 114 Å². The van der Waals surface area contributed by atoms with Crippen molar-refractivity contribution in [1.82, 2.24) is 9.97 Å². The molecule has 2 aromatic heterocycles. The van der Waals surface area contributed by atoms with Crippen molar-refractivity contribution in [3.05, 3.63) is 71.3 Å². The zero-order valence-corrected chi connectivity index (χ0v) is 19.4. The first-order valence-corrected chi connectivity index (χ1v) is 10.9. The third-order valence-electron chi connectivity index (χ3n) is 5.81. The Labute approximate surface area is 204 Å². The Hall–Kier alpha value is -4.15. The summed E-state index contributed by atoms with van der Waals surface area (Å²) >= 11 is 0. The maximum Gasteiger partial charge on any atom is 0.573 e. The average Bonchev–Trinajstić information content (AvgIpc) is 3.57. The summed E-state index contributed by atoms with van der Waals surface area (Å²) in [6.07, 6.45) is -0.314. The van der Waals surface area contributed by atoms with E-state index in [1.165, 1.54) is 31.6 Å². The molecule has 1 aromatic carbocycles. The number of nitrogens with two attached hydrogens (primary N) is 1. The standard InChI is InChI=1S/C25H22F3N3O5/c1-24(6-7-24)22-12-20(35-19-4-3-15(11-21(19)34-2)36-25(26,27)28)16(13-31-22)18(32)10-14-5-8-30-17(9-14)23(29)33/h3-5,8-9,11-13H,6-7,10H2,1-2H3,(H2,29,33). The summed E-state index contributed by atoms with van der Waals surface area (Å²) in [4.78, 5) is 33.0. The first-order valence-electron chi connectivity index (χ1n) is 10.9. The lowest BCUT2D eigenvalue weighted by Crippen LogP contribution is -2.17. The molecule has 2 N–H and O–H groups in total. The smallest absolute Gasteiger partial charge is 0.493 e. The van der Waals surface area contributed by atoms with Gasteiger partial charge in [0.15, 0.2) is 17.3 Å². The number of pyridine rings is 2. The van der Waals surface area contributed by atoms with E-state index in [0.717, 1.165) is 30.7 Å². The number of halogens is 3. The molecule has 0 atom stereocenters. The van der Waals surface area contributed by atoms with Crippen molar-refractivity contribution in [3.8, 4) is 23.0 Å². The molecule has 1 saturated carbocycles. The Balaban J connectivity index is 1.67. The molecule has 3 aromatic rings. The molecule has 11 heteroatoms. The van der Waals surface area contributed by atoms with Crippen molar-refractivity contribution in [2.45, 2.75) is 38.0 Å². The molecule has 1 fully saturated rings. The number of ketones is 1. The van der Waals surface area contributed by atoms with Crippen molar-refractivity contribution in [2.75, 3.05) is 7.11 Å². The van der Waals surface area contributed by atoms with Gasteiger partial charge in [0.1, 0.15) is 17.2 Å². The van der Waals surface area contributed by atoms with Crippen LogP contribution in [-0.4, -0.2) is 35.1 Å². The monoisotopic (exact) mass is 501 g/mol. The zero-order valence-electron chi connectivity index (χ0n) is 19.4. The lowest BCUT2D eigenvalue weighted by Gasteiger charge is -2.17. The second-order valence-electron chi connectivity index (χ2n) is 8.60. The van der Waals surface area contributed by atoms with Gasteiger partial charge in [-0.1, -0.05) is 6.92 Å². The summed E-state index contributed by atoms with van der Waals surface area (Å²) < 4.78 is 52.9. The number of nitrogens with zero attached hydrogens (tertiary/aromatic N) is 2. The van der Waals surface area contributed by atoms with Crippen molar-refractivity contribution in [2.24, 2.45) is 5.73 Å². The fourth-order valence-electron chi connectivity index (χ4n) is 3.55. The van der Waals surface area contributed by atoms with Gasteiger partial charge in [-0.15, -0.1) is 13.2 Å². The van der Waals surface area contributed by atoms with Crippen molar-refractivity contribution in [3.63, 3.8) is 0 Å². The van der Waals surface area contributed by atoms with Crippen LogP contribution in [0.25, 0.3) is 0 Å². The van der Waals surface area contributed by atoms with Gasteiger partial charge in [-0.3, -0.25) is 19.6 Å². The fraction of sp³-hybridized carbons (Fsp3) is 0.280. The molecule has 1 aliphatic rings. The number of alkyl halides is 3. The Morgan fingerprint density at radius 3 is 2.44 bits per heavy atom. The summed E-state index contributed by atoms with van der Waals surface area (Å²) in [7, 11) is 1.27. The molecule has 0 bridgehead atoms.